The molecule has 1 aromatic rings. The van der Waals surface area contributed by atoms with Crippen LogP contribution in [-0.2, 0) is 11.3 Å². The van der Waals surface area contributed by atoms with Crippen LogP contribution in [0.3, 0.4) is 0 Å². The minimum Gasteiger partial charge on any atom is -0.330 e. The fourth-order valence-corrected chi connectivity index (χ4v) is 2.96. The van der Waals surface area contributed by atoms with Crippen molar-refractivity contribution in [3.05, 3.63) is 68.7 Å². The Kier molecular flexibility index (Phi) is 5.07. The number of carbonyl (C=O) groups excluding carboxylic acids is 1. The average Bonchev–Trinajstić information content (AvgIpc) is 2.68. The van der Waals surface area contributed by atoms with E-state index in [1.165, 1.54) is 0 Å². The number of carbonyl (C=O) groups is 1. The number of allylic oxidation sites excluding steroid dienone is 3. The van der Waals surface area contributed by atoms with E-state index in [1.54, 1.807) is 0 Å². The summed E-state index contributed by atoms with van der Waals surface area (Å²) >= 11 is 9.30. The summed E-state index contributed by atoms with van der Waals surface area (Å²) in [7, 11) is 0. The molecule has 1 saturated heterocycles. The highest BCUT2D eigenvalue weighted by molar-refractivity contribution is 9.11. The van der Waals surface area contributed by atoms with Crippen LogP contribution in [0.2, 0.25) is 5.02 Å². The van der Waals surface area contributed by atoms with E-state index in [2.05, 4.69) is 22.5 Å². The first-order valence-corrected chi connectivity index (χ1v) is 7.85. The molecule has 0 aliphatic carbocycles. The zero-order valence-corrected chi connectivity index (χ0v) is 14.5. The van der Waals surface area contributed by atoms with E-state index in [1.807, 2.05) is 49.1 Å². The number of amides is 1. The topological polar surface area (TPSA) is 20.3 Å². The molecule has 0 unspecified atom stereocenters. The summed E-state index contributed by atoms with van der Waals surface area (Å²) in [6.07, 6.45) is 3.76. The fraction of sp³-hybridized carbons (Fsp3) is 0.235. The van der Waals surface area contributed by atoms with Crippen molar-refractivity contribution in [2.24, 2.45) is 0 Å². The lowest BCUT2D eigenvalue weighted by Crippen LogP contribution is -2.25. The van der Waals surface area contributed by atoms with Crippen molar-refractivity contribution in [1.82, 2.24) is 4.90 Å². The molecule has 0 saturated carbocycles. The van der Waals surface area contributed by atoms with Gasteiger partial charge in [-0.05, 0) is 48.8 Å². The van der Waals surface area contributed by atoms with E-state index in [0.29, 0.717) is 18.1 Å². The number of hydrogen-bond acceptors (Lipinski definition) is 1. The van der Waals surface area contributed by atoms with Crippen LogP contribution < -0.4 is 0 Å². The lowest BCUT2D eigenvalue weighted by Gasteiger charge is -2.16. The van der Waals surface area contributed by atoms with Gasteiger partial charge in [0.15, 0.2) is 0 Å². The molecule has 2 nitrogen and oxygen atoms in total. The Hall–Kier alpha value is -1.32. The van der Waals surface area contributed by atoms with Gasteiger partial charge in [-0.25, -0.2) is 0 Å². The van der Waals surface area contributed by atoms with Crippen molar-refractivity contribution in [3.63, 3.8) is 0 Å². The van der Waals surface area contributed by atoms with Gasteiger partial charge in [0.2, 0.25) is 0 Å². The molecule has 0 N–H and O–H groups in total. The maximum atomic E-state index is 12.5. The third-order valence-corrected chi connectivity index (χ3v) is 3.97. The van der Waals surface area contributed by atoms with Crippen LogP contribution in [0.4, 0.5) is 0 Å². The number of hydrogen-bond donors (Lipinski definition) is 0. The van der Waals surface area contributed by atoms with Crippen molar-refractivity contribution in [1.29, 1.82) is 0 Å². The van der Waals surface area contributed by atoms with Gasteiger partial charge < -0.3 is 4.90 Å². The first-order chi connectivity index (χ1) is 9.92. The van der Waals surface area contributed by atoms with E-state index in [4.69, 9.17) is 11.6 Å². The van der Waals surface area contributed by atoms with Crippen LogP contribution in [0.1, 0.15) is 18.1 Å². The van der Waals surface area contributed by atoms with Crippen molar-refractivity contribution in [3.8, 4) is 0 Å². The second-order valence-electron chi connectivity index (χ2n) is 5.05. The van der Waals surface area contributed by atoms with Gasteiger partial charge >= 0.3 is 0 Å². The molecule has 1 heterocycles. The number of aryl methyl sites for hydroxylation is 1. The maximum absolute atomic E-state index is 12.5. The summed E-state index contributed by atoms with van der Waals surface area (Å²) in [6, 6.07) is 5.76. The second kappa shape index (κ2) is 6.63. The standard InChI is InChI=1S/C17H17BrClNO/c1-4-16-14(8-12(3)18)10-20(17(16)21)9-13-5-6-15(19)7-11(13)2/h4-8H,3,9-10H2,1-2H3/b14-8-,16-4-. The Morgan fingerprint density at radius 2 is 2.24 bits per heavy atom. The monoisotopic (exact) mass is 365 g/mol. The molecule has 110 valence electrons. The van der Waals surface area contributed by atoms with E-state index in [-0.39, 0.29) is 5.91 Å². The van der Waals surface area contributed by atoms with Gasteiger partial charge in [0.05, 0.1) is 0 Å². The van der Waals surface area contributed by atoms with Crippen LogP contribution >= 0.6 is 27.5 Å². The van der Waals surface area contributed by atoms with E-state index >= 15 is 0 Å². The second-order valence-corrected chi connectivity index (χ2v) is 6.51. The highest BCUT2D eigenvalue weighted by Crippen LogP contribution is 2.28. The largest absolute Gasteiger partial charge is 0.330 e. The minimum absolute atomic E-state index is 0.0619. The molecule has 1 aromatic carbocycles. The van der Waals surface area contributed by atoms with Crippen LogP contribution in [0.15, 0.2) is 52.6 Å². The molecule has 0 spiro atoms. The fourth-order valence-electron chi connectivity index (χ4n) is 2.46. The maximum Gasteiger partial charge on any atom is 0.254 e. The van der Waals surface area contributed by atoms with Gasteiger partial charge in [0.1, 0.15) is 0 Å². The molecule has 2 rings (SSSR count). The van der Waals surface area contributed by atoms with Gasteiger partial charge in [-0.2, -0.15) is 0 Å². The Morgan fingerprint density at radius 3 is 2.81 bits per heavy atom. The lowest BCUT2D eigenvalue weighted by molar-refractivity contribution is -0.125. The quantitative estimate of drug-likeness (QED) is 0.706. The predicted molar refractivity (Wildman–Crippen MR) is 91.5 cm³/mol. The molecule has 4 heteroatoms. The van der Waals surface area contributed by atoms with Gasteiger partial charge in [0, 0.05) is 28.2 Å². The molecular weight excluding hydrogens is 350 g/mol. The van der Waals surface area contributed by atoms with Crippen molar-refractivity contribution in [2.45, 2.75) is 20.4 Å². The lowest BCUT2D eigenvalue weighted by atomic mass is 10.1. The molecule has 1 aliphatic heterocycles. The molecule has 1 fully saturated rings. The first kappa shape index (κ1) is 16.1. The predicted octanol–water partition coefficient (Wildman–Crippen LogP) is 4.77. The van der Waals surface area contributed by atoms with E-state index in [9.17, 15) is 4.79 Å². The van der Waals surface area contributed by atoms with Crippen LogP contribution in [-0.4, -0.2) is 17.4 Å². The summed E-state index contributed by atoms with van der Waals surface area (Å²) < 4.78 is 0.772. The van der Waals surface area contributed by atoms with Gasteiger partial charge in [-0.3, -0.25) is 4.79 Å². The zero-order chi connectivity index (χ0) is 15.6. The van der Waals surface area contributed by atoms with Crippen LogP contribution in [0.25, 0.3) is 0 Å². The number of rotatable bonds is 3. The summed E-state index contributed by atoms with van der Waals surface area (Å²) in [5.74, 6) is 0.0619. The average molecular weight is 367 g/mol. The summed E-state index contributed by atoms with van der Waals surface area (Å²) in [4.78, 5) is 14.3. The van der Waals surface area contributed by atoms with Crippen LogP contribution in [0, 0.1) is 6.92 Å². The molecule has 21 heavy (non-hydrogen) atoms. The molecule has 1 aliphatic rings. The summed E-state index contributed by atoms with van der Waals surface area (Å²) in [6.45, 7) is 8.90. The zero-order valence-electron chi connectivity index (χ0n) is 12.1. The van der Waals surface area contributed by atoms with Crippen LogP contribution in [0.5, 0.6) is 0 Å². The van der Waals surface area contributed by atoms with Crippen molar-refractivity contribution in [2.75, 3.05) is 6.54 Å². The first-order valence-electron chi connectivity index (χ1n) is 6.68. The highest BCUT2D eigenvalue weighted by atomic mass is 79.9. The Balaban J connectivity index is 2.26. The SMILES string of the molecule is C=C(Br)/C=C1/CN(Cc2ccc(Cl)cc2C)C(=O)/C1=C\C. The third-order valence-electron chi connectivity index (χ3n) is 3.51. The summed E-state index contributed by atoms with van der Waals surface area (Å²) in [5, 5.41) is 0.717. The van der Waals surface area contributed by atoms with Gasteiger partial charge in [0.25, 0.3) is 5.91 Å². The third kappa shape index (κ3) is 3.66. The van der Waals surface area contributed by atoms with Gasteiger partial charge in [-0.15, -0.1) is 0 Å². The highest BCUT2D eigenvalue weighted by Gasteiger charge is 2.29. The number of nitrogens with zero attached hydrogens (tertiary/aromatic N) is 1. The number of likely N-dealkylation sites (tertiary alicyclic amines) is 1. The Labute approximate surface area is 138 Å². The normalized spacial score (nSPS) is 18.9. The molecule has 0 atom stereocenters. The molecule has 0 aromatic heterocycles. The summed E-state index contributed by atoms with van der Waals surface area (Å²) in [5.41, 5.74) is 3.96. The molecular formula is C17H17BrClNO. The molecule has 0 radical (unpaired) electrons. The molecule has 1 amide bonds. The minimum atomic E-state index is 0.0619. The van der Waals surface area contributed by atoms with E-state index in [0.717, 1.165) is 26.8 Å². The molecule has 0 bridgehead atoms. The smallest absolute Gasteiger partial charge is 0.254 e. The van der Waals surface area contributed by atoms with E-state index < -0.39 is 0 Å². The van der Waals surface area contributed by atoms with Gasteiger partial charge in [-0.1, -0.05) is 46.3 Å². The Bertz CT molecular complexity index is 661. The number of halogens is 2. The van der Waals surface area contributed by atoms with Crippen molar-refractivity contribution < 1.29 is 4.79 Å². The Morgan fingerprint density at radius 1 is 1.52 bits per heavy atom. The van der Waals surface area contributed by atoms with Crippen molar-refractivity contribution >= 4 is 33.4 Å². The number of benzene rings is 1.